The van der Waals surface area contributed by atoms with Crippen LogP contribution in [0.15, 0.2) is 30.3 Å². The van der Waals surface area contributed by atoms with E-state index in [-0.39, 0.29) is 11.8 Å². The standard InChI is InChI=1S/C16H23NO2/c1-3-5-12-15(18)17(16(19)13-6-4-2)14-10-8-7-9-11-14/h7-11H,3-6,12-13H2,1-2H3. The van der Waals surface area contributed by atoms with Gasteiger partial charge in [0.15, 0.2) is 0 Å². The molecular formula is C16H23NO2. The van der Waals surface area contributed by atoms with E-state index in [2.05, 4.69) is 0 Å². The monoisotopic (exact) mass is 261 g/mol. The largest absolute Gasteiger partial charge is 0.274 e. The lowest BCUT2D eigenvalue weighted by atomic mass is 10.1. The zero-order valence-electron chi connectivity index (χ0n) is 11.9. The molecule has 3 heteroatoms. The highest BCUT2D eigenvalue weighted by atomic mass is 16.2. The van der Waals surface area contributed by atoms with Gasteiger partial charge < -0.3 is 0 Å². The predicted octanol–water partition coefficient (Wildman–Crippen LogP) is 3.93. The minimum absolute atomic E-state index is 0.0887. The Balaban J connectivity index is 2.84. The number of hydrogen-bond acceptors (Lipinski definition) is 2. The highest BCUT2D eigenvalue weighted by Gasteiger charge is 2.21. The van der Waals surface area contributed by atoms with Gasteiger partial charge in [-0.05, 0) is 25.0 Å². The number of anilines is 1. The molecule has 1 aromatic rings. The third kappa shape index (κ3) is 4.86. The second-order valence-electron chi connectivity index (χ2n) is 4.67. The molecule has 0 unspecified atom stereocenters. The van der Waals surface area contributed by atoms with Crippen molar-refractivity contribution in [2.24, 2.45) is 0 Å². The van der Waals surface area contributed by atoms with Crippen LogP contribution in [0.2, 0.25) is 0 Å². The molecule has 0 aliphatic carbocycles. The fraction of sp³-hybridized carbons (Fsp3) is 0.500. The van der Waals surface area contributed by atoms with E-state index in [9.17, 15) is 9.59 Å². The van der Waals surface area contributed by atoms with Crippen LogP contribution in [0.4, 0.5) is 5.69 Å². The second-order valence-corrected chi connectivity index (χ2v) is 4.67. The summed E-state index contributed by atoms with van der Waals surface area (Å²) in [7, 11) is 0. The fourth-order valence-corrected chi connectivity index (χ4v) is 1.88. The summed E-state index contributed by atoms with van der Waals surface area (Å²) in [6.45, 7) is 4.08. The summed E-state index contributed by atoms with van der Waals surface area (Å²) in [5.41, 5.74) is 0.685. The normalized spacial score (nSPS) is 10.2. The van der Waals surface area contributed by atoms with Crippen molar-refractivity contribution in [2.45, 2.75) is 52.4 Å². The first-order valence-corrected chi connectivity index (χ1v) is 7.11. The van der Waals surface area contributed by atoms with Gasteiger partial charge in [-0.25, -0.2) is 0 Å². The summed E-state index contributed by atoms with van der Waals surface area (Å²) in [5.74, 6) is -0.177. The maximum Gasteiger partial charge on any atom is 0.233 e. The molecule has 0 saturated carbocycles. The average Bonchev–Trinajstić information content (AvgIpc) is 2.44. The van der Waals surface area contributed by atoms with E-state index in [0.29, 0.717) is 18.5 Å². The molecule has 0 aliphatic heterocycles. The molecule has 1 rings (SSSR count). The third-order valence-corrected chi connectivity index (χ3v) is 3.00. The number of carbonyl (C=O) groups excluding carboxylic acids is 2. The van der Waals surface area contributed by atoms with E-state index in [0.717, 1.165) is 25.7 Å². The lowest BCUT2D eigenvalue weighted by Gasteiger charge is -2.21. The van der Waals surface area contributed by atoms with E-state index in [1.54, 1.807) is 0 Å². The molecule has 0 radical (unpaired) electrons. The summed E-state index contributed by atoms with van der Waals surface area (Å²) in [4.78, 5) is 25.8. The summed E-state index contributed by atoms with van der Waals surface area (Å²) in [6, 6.07) is 9.21. The number of unbranched alkanes of at least 4 members (excludes halogenated alkanes) is 2. The van der Waals surface area contributed by atoms with Crippen molar-refractivity contribution < 1.29 is 9.59 Å². The van der Waals surface area contributed by atoms with Crippen LogP contribution >= 0.6 is 0 Å². The third-order valence-electron chi connectivity index (χ3n) is 3.00. The van der Waals surface area contributed by atoms with Crippen molar-refractivity contribution in [1.82, 2.24) is 0 Å². The van der Waals surface area contributed by atoms with Crippen LogP contribution in [0.1, 0.15) is 52.4 Å². The number of benzene rings is 1. The Hall–Kier alpha value is -1.64. The number of hydrogen-bond donors (Lipinski definition) is 0. The molecule has 0 aromatic heterocycles. The predicted molar refractivity (Wildman–Crippen MR) is 78.0 cm³/mol. The summed E-state index contributed by atoms with van der Waals surface area (Å²) < 4.78 is 0. The first-order valence-electron chi connectivity index (χ1n) is 7.11. The minimum Gasteiger partial charge on any atom is -0.274 e. The lowest BCUT2D eigenvalue weighted by molar-refractivity contribution is -0.126. The van der Waals surface area contributed by atoms with Crippen molar-refractivity contribution in [3.05, 3.63) is 30.3 Å². The maximum atomic E-state index is 12.2. The molecule has 2 amide bonds. The van der Waals surface area contributed by atoms with Crippen molar-refractivity contribution >= 4 is 17.5 Å². The van der Waals surface area contributed by atoms with Crippen LogP contribution in [0.3, 0.4) is 0 Å². The molecule has 0 N–H and O–H groups in total. The lowest BCUT2D eigenvalue weighted by Crippen LogP contribution is -2.36. The molecule has 0 aliphatic rings. The summed E-state index contributed by atoms with van der Waals surface area (Å²) >= 11 is 0. The Kier molecular flexibility index (Phi) is 6.86. The van der Waals surface area contributed by atoms with Gasteiger partial charge >= 0.3 is 0 Å². The molecule has 0 atom stereocenters. The van der Waals surface area contributed by atoms with Crippen LogP contribution in [0.25, 0.3) is 0 Å². The van der Waals surface area contributed by atoms with Crippen LogP contribution in [-0.4, -0.2) is 11.8 Å². The molecule has 19 heavy (non-hydrogen) atoms. The Bertz CT molecular complexity index is 380. The number of amides is 2. The number of para-hydroxylation sites is 1. The summed E-state index contributed by atoms with van der Waals surface area (Å²) in [6.07, 6.45) is 4.42. The molecule has 3 nitrogen and oxygen atoms in total. The van der Waals surface area contributed by atoms with Crippen LogP contribution in [0.5, 0.6) is 0 Å². The van der Waals surface area contributed by atoms with Crippen molar-refractivity contribution in [2.75, 3.05) is 4.90 Å². The highest BCUT2D eigenvalue weighted by molar-refractivity contribution is 6.14. The van der Waals surface area contributed by atoms with E-state index >= 15 is 0 Å². The van der Waals surface area contributed by atoms with E-state index in [1.165, 1.54) is 4.90 Å². The zero-order chi connectivity index (χ0) is 14.1. The van der Waals surface area contributed by atoms with Gasteiger partial charge in [0.25, 0.3) is 0 Å². The second kappa shape index (κ2) is 8.46. The van der Waals surface area contributed by atoms with E-state index in [4.69, 9.17) is 0 Å². The molecule has 0 saturated heterocycles. The number of nitrogens with zero attached hydrogens (tertiary/aromatic N) is 1. The maximum absolute atomic E-state index is 12.2. The number of carbonyl (C=O) groups is 2. The van der Waals surface area contributed by atoms with Gasteiger partial charge in [0.1, 0.15) is 0 Å². The summed E-state index contributed by atoms with van der Waals surface area (Å²) in [5, 5.41) is 0. The molecule has 0 heterocycles. The molecule has 0 spiro atoms. The van der Waals surface area contributed by atoms with Gasteiger partial charge in [0.2, 0.25) is 11.8 Å². The van der Waals surface area contributed by atoms with Crippen LogP contribution < -0.4 is 4.90 Å². The number of rotatable bonds is 7. The topological polar surface area (TPSA) is 37.4 Å². The van der Waals surface area contributed by atoms with Gasteiger partial charge in [-0.2, -0.15) is 0 Å². The minimum atomic E-state index is -0.0887. The smallest absolute Gasteiger partial charge is 0.233 e. The Morgan fingerprint density at radius 1 is 0.895 bits per heavy atom. The van der Waals surface area contributed by atoms with Crippen LogP contribution in [-0.2, 0) is 9.59 Å². The first-order chi connectivity index (χ1) is 9.20. The molecule has 104 valence electrons. The highest BCUT2D eigenvalue weighted by Crippen LogP contribution is 2.17. The fourth-order valence-electron chi connectivity index (χ4n) is 1.88. The van der Waals surface area contributed by atoms with Gasteiger partial charge in [0, 0.05) is 12.8 Å². The van der Waals surface area contributed by atoms with Crippen molar-refractivity contribution in [3.63, 3.8) is 0 Å². The quantitative estimate of drug-likeness (QED) is 0.746. The van der Waals surface area contributed by atoms with Gasteiger partial charge in [-0.1, -0.05) is 44.9 Å². The zero-order valence-corrected chi connectivity index (χ0v) is 11.9. The molecular weight excluding hydrogens is 238 g/mol. The average molecular weight is 261 g/mol. The molecule has 1 aromatic carbocycles. The van der Waals surface area contributed by atoms with E-state index < -0.39 is 0 Å². The Morgan fingerprint density at radius 3 is 1.79 bits per heavy atom. The van der Waals surface area contributed by atoms with Gasteiger partial charge in [-0.3, -0.25) is 14.5 Å². The van der Waals surface area contributed by atoms with Crippen molar-refractivity contribution in [1.29, 1.82) is 0 Å². The SMILES string of the molecule is CCCCC(=O)N(C(=O)CCCC)c1ccccc1. The van der Waals surface area contributed by atoms with E-state index in [1.807, 2.05) is 44.2 Å². The molecule has 0 bridgehead atoms. The Labute approximate surface area is 115 Å². The number of imide groups is 1. The Morgan fingerprint density at radius 2 is 1.37 bits per heavy atom. The first kappa shape index (κ1) is 15.4. The van der Waals surface area contributed by atoms with Gasteiger partial charge in [0.05, 0.1) is 5.69 Å². The van der Waals surface area contributed by atoms with Crippen molar-refractivity contribution in [3.8, 4) is 0 Å². The van der Waals surface area contributed by atoms with Crippen LogP contribution in [0, 0.1) is 0 Å². The molecule has 0 fully saturated rings. The van der Waals surface area contributed by atoms with Gasteiger partial charge in [-0.15, -0.1) is 0 Å².